The molecule has 0 aromatic heterocycles. The third kappa shape index (κ3) is 3.88. The van der Waals surface area contributed by atoms with Crippen LogP contribution in [0.2, 0.25) is 0 Å². The molecule has 2 bridgehead atoms. The van der Waals surface area contributed by atoms with Crippen molar-refractivity contribution >= 4 is 29.3 Å². The molecular formula is C31H27NO5. The highest BCUT2D eigenvalue weighted by Gasteiger charge is 2.64. The van der Waals surface area contributed by atoms with Gasteiger partial charge in [0.1, 0.15) is 0 Å². The third-order valence-corrected chi connectivity index (χ3v) is 8.32. The van der Waals surface area contributed by atoms with E-state index >= 15 is 0 Å². The van der Waals surface area contributed by atoms with Crippen LogP contribution in [-0.2, 0) is 14.3 Å². The molecule has 3 aromatic rings. The van der Waals surface area contributed by atoms with E-state index in [2.05, 4.69) is 12.1 Å². The number of Topliss-reactive ketones (excluding diaryl/α,β-unsaturated/α-hetero) is 1. The summed E-state index contributed by atoms with van der Waals surface area (Å²) in [6.45, 7) is 1.54. The number of carbonyl (C=O) groups excluding carboxylic acids is 4. The average molecular weight is 494 g/mol. The zero-order valence-corrected chi connectivity index (χ0v) is 20.4. The van der Waals surface area contributed by atoms with Gasteiger partial charge in [0.05, 0.1) is 23.1 Å². The van der Waals surface area contributed by atoms with Crippen LogP contribution in [0.3, 0.4) is 0 Å². The number of hydrogen-bond donors (Lipinski definition) is 0. The maximum atomic E-state index is 13.5. The number of benzene rings is 3. The second-order valence-electron chi connectivity index (χ2n) is 10.3. The average Bonchev–Trinajstić information content (AvgIpc) is 3.60. The highest BCUT2D eigenvalue weighted by molar-refractivity contribution is 6.22. The van der Waals surface area contributed by atoms with Gasteiger partial charge in [-0.1, -0.05) is 60.7 Å². The van der Waals surface area contributed by atoms with Crippen molar-refractivity contribution in [2.24, 2.45) is 23.7 Å². The summed E-state index contributed by atoms with van der Waals surface area (Å²) in [4.78, 5) is 53.4. The SMILES string of the molecule is C[C@H](OC(=O)c1ccc(N2C(=O)[C@@H]3[C@H]4C[C@@H]([C@@H]3C2=O)[C@@H](c2ccccc2)C4)cc1)C(=O)c1ccccc1. The molecule has 3 fully saturated rings. The minimum Gasteiger partial charge on any atom is -0.451 e. The van der Waals surface area contributed by atoms with E-state index in [1.54, 1.807) is 43.3 Å². The Balaban J connectivity index is 1.16. The van der Waals surface area contributed by atoms with Crippen molar-refractivity contribution in [2.75, 3.05) is 4.90 Å². The smallest absolute Gasteiger partial charge is 0.338 e. The van der Waals surface area contributed by atoms with Crippen molar-refractivity contribution in [3.63, 3.8) is 0 Å². The Morgan fingerprint density at radius 1 is 0.784 bits per heavy atom. The second-order valence-corrected chi connectivity index (χ2v) is 10.3. The van der Waals surface area contributed by atoms with Crippen LogP contribution >= 0.6 is 0 Å². The summed E-state index contributed by atoms with van der Waals surface area (Å²) in [6, 6.07) is 25.2. The van der Waals surface area contributed by atoms with Gasteiger partial charge in [-0.05, 0) is 67.3 Å². The first-order valence-electron chi connectivity index (χ1n) is 12.8. The third-order valence-electron chi connectivity index (χ3n) is 8.32. The van der Waals surface area contributed by atoms with Crippen molar-refractivity contribution in [1.82, 2.24) is 0 Å². The monoisotopic (exact) mass is 493 g/mol. The molecule has 6 heteroatoms. The molecule has 1 aliphatic heterocycles. The van der Waals surface area contributed by atoms with Gasteiger partial charge in [0, 0.05) is 5.56 Å². The van der Waals surface area contributed by atoms with Crippen LogP contribution in [-0.4, -0.2) is 29.7 Å². The van der Waals surface area contributed by atoms with Crippen LogP contribution in [0.25, 0.3) is 0 Å². The first kappa shape index (κ1) is 23.3. The van der Waals surface area contributed by atoms with Crippen LogP contribution < -0.4 is 4.90 Å². The van der Waals surface area contributed by atoms with Gasteiger partial charge in [-0.25, -0.2) is 4.79 Å². The van der Waals surface area contributed by atoms with Gasteiger partial charge in [0.15, 0.2) is 6.10 Å². The van der Waals surface area contributed by atoms with Gasteiger partial charge in [-0.2, -0.15) is 0 Å². The van der Waals surface area contributed by atoms with E-state index in [1.807, 2.05) is 24.3 Å². The van der Waals surface area contributed by atoms with E-state index < -0.39 is 12.1 Å². The summed E-state index contributed by atoms with van der Waals surface area (Å²) in [5, 5.41) is 0. The van der Waals surface area contributed by atoms with Crippen molar-refractivity contribution in [3.05, 3.63) is 102 Å². The molecule has 6 atom stereocenters. The molecule has 0 unspecified atom stereocenters. The van der Waals surface area contributed by atoms with Crippen LogP contribution in [0.4, 0.5) is 5.69 Å². The molecule has 37 heavy (non-hydrogen) atoms. The number of fused-ring (bicyclic) bond motifs is 5. The molecule has 3 aliphatic rings. The van der Waals surface area contributed by atoms with Crippen LogP contribution in [0.15, 0.2) is 84.9 Å². The number of nitrogens with zero attached hydrogens (tertiary/aromatic N) is 1. The summed E-state index contributed by atoms with van der Waals surface area (Å²) in [7, 11) is 0. The number of carbonyl (C=O) groups is 4. The molecule has 1 heterocycles. The van der Waals surface area contributed by atoms with Gasteiger partial charge >= 0.3 is 5.97 Å². The Labute approximate surface area is 215 Å². The predicted molar refractivity (Wildman–Crippen MR) is 137 cm³/mol. The van der Waals surface area contributed by atoms with Crippen molar-refractivity contribution < 1.29 is 23.9 Å². The van der Waals surface area contributed by atoms with E-state index in [0.717, 1.165) is 12.8 Å². The summed E-state index contributed by atoms with van der Waals surface area (Å²) in [5.41, 5.74) is 2.43. The van der Waals surface area contributed by atoms with Crippen LogP contribution in [0.1, 0.15) is 52.0 Å². The molecule has 186 valence electrons. The van der Waals surface area contributed by atoms with Gasteiger partial charge < -0.3 is 4.74 Å². The van der Waals surface area contributed by atoms with Gasteiger partial charge in [-0.15, -0.1) is 0 Å². The normalized spacial score (nSPS) is 26.7. The number of esters is 1. The number of hydrogen-bond acceptors (Lipinski definition) is 5. The molecule has 2 amide bonds. The number of imide groups is 1. The molecule has 6 nitrogen and oxygen atoms in total. The fourth-order valence-corrected chi connectivity index (χ4v) is 6.66. The highest BCUT2D eigenvalue weighted by Crippen LogP contribution is 2.61. The number of anilines is 1. The van der Waals surface area contributed by atoms with Crippen molar-refractivity contribution in [3.8, 4) is 0 Å². The number of rotatable bonds is 6. The van der Waals surface area contributed by atoms with E-state index in [0.29, 0.717) is 17.2 Å². The van der Waals surface area contributed by atoms with Crippen LogP contribution in [0, 0.1) is 23.7 Å². The largest absolute Gasteiger partial charge is 0.451 e. The molecule has 1 saturated heterocycles. The Morgan fingerprint density at radius 3 is 2.08 bits per heavy atom. The number of ketones is 1. The maximum Gasteiger partial charge on any atom is 0.338 e. The molecule has 3 aromatic carbocycles. The Morgan fingerprint density at radius 2 is 1.41 bits per heavy atom. The summed E-state index contributed by atoms with van der Waals surface area (Å²) >= 11 is 0. The minimum atomic E-state index is -0.941. The topological polar surface area (TPSA) is 80.8 Å². The fourth-order valence-electron chi connectivity index (χ4n) is 6.66. The lowest BCUT2D eigenvalue weighted by molar-refractivity contribution is -0.123. The molecule has 0 radical (unpaired) electrons. The van der Waals surface area contributed by atoms with E-state index in [4.69, 9.17) is 4.74 Å². The fraction of sp³-hybridized carbons (Fsp3) is 0.290. The standard InChI is InChI=1S/C31H27NO5/c1-18(28(33)20-10-6-3-7-11-20)37-31(36)21-12-14-23(15-13-21)32-29(34)26-22-16-24(19-8-4-2-5-9-19)25(17-22)27(26)30(32)35/h2-15,18,22,24-27H,16-17H2,1H3/t18-,22+,24+,25+,26+,27-/m0/s1. The van der Waals surface area contributed by atoms with E-state index in [-0.39, 0.29) is 46.8 Å². The summed E-state index contributed by atoms with van der Waals surface area (Å²) in [6.07, 6.45) is 0.918. The molecular weight excluding hydrogens is 466 g/mol. The van der Waals surface area contributed by atoms with Gasteiger partial charge in [0.2, 0.25) is 17.6 Å². The molecule has 6 rings (SSSR count). The molecule has 2 aliphatic carbocycles. The quantitative estimate of drug-likeness (QED) is 0.273. The zero-order valence-electron chi connectivity index (χ0n) is 20.4. The Bertz CT molecular complexity index is 1370. The van der Waals surface area contributed by atoms with Crippen LogP contribution in [0.5, 0.6) is 0 Å². The summed E-state index contributed by atoms with van der Waals surface area (Å²) < 4.78 is 5.38. The number of amides is 2. The lowest BCUT2D eigenvalue weighted by atomic mass is 9.73. The van der Waals surface area contributed by atoms with Crippen molar-refractivity contribution in [2.45, 2.75) is 31.8 Å². The Kier molecular flexibility index (Phi) is 5.75. The highest BCUT2D eigenvalue weighted by atomic mass is 16.5. The first-order chi connectivity index (χ1) is 17.9. The minimum absolute atomic E-state index is 0.133. The lowest BCUT2D eigenvalue weighted by Crippen LogP contribution is -2.33. The first-order valence-corrected chi connectivity index (χ1v) is 12.8. The van der Waals surface area contributed by atoms with Gasteiger partial charge in [-0.3, -0.25) is 19.3 Å². The number of ether oxygens (including phenoxy) is 1. The summed E-state index contributed by atoms with van der Waals surface area (Å²) in [5.74, 6) is -1.03. The van der Waals surface area contributed by atoms with E-state index in [9.17, 15) is 19.2 Å². The molecule has 2 saturated carbocycles. The Hall–Kier alpha value is -4.06. The predicted octanol–water partition coefficient (Wildman–Crippen LogP) is 5.04. The molecule has 0 spiro atoms. The maximum absolute atomic E-state index is 13.5. The van der Waals surface area contributed by atoms with E-state index in [1.165, 1.54) is 22.6 Å². The van der Waals surface area contributed by atoms with Crippen molar-refractivity contribution in [1.29, 1.82) is 0 Å². The molecule has 0 N–H and O–H groups in total. The second kappa shape index (κ2) is 9.11. The van der Waals surface area contributed by atoms with Gasteiger partial charge in [0.25, 0.3) is 0 Å². The lowest BCUT2D eigenvalue weighted by Gasteiger charge is -2.28. The zero-order chi connectivity index (χ0) is 25.7.